The normalized spacial score (nSPS) is 20.8. The number of carboxylic acids is 1. The van der Waals surface area contributed by atoms with Crippen LogP contribution in [0.15, 0.2) is 0 Å². The Morgan fingerprint density at radius 1 is 1.47 bits per heavy atom. The highest BCUT2D eigenvalue weighted by atomic mass is 16.4. The van der Waals surface area contributed by atoms with Gasteiger partial charge in [-0.15, -0.1) is 0 Å². The molecule has 0 aromatic carbocycles. The Morgan fingerprint density at radius 2 is 2.12 bits per heavy atom. The second-order valence-corrected chi connectivity index (χ2v) is 5.05. The van der Waals surface area contributed by atoms with E-state index in [0.717, 1.165) is 26.1 Å². The van der Waals surface area contributed by atoms with Crippen molar-refractivity contribution in [2.45, 2.75) is 33.2 Å². The molecule has 5 nitrogen and oxygen atoms in total. The van der Waals surface area contributed by atoms with Crippen LogP contribution in [0, 0.1) is 5.92 Å². The molecule has 1 atom stereocenters. The van der Waals surface area contributed by atoms with Crippen molar-refractivity contribution >= 4 is 11.9 Å². The van der Waals surface area contributed by atoms with Crippen molar-refractivity contribution in [3.63, 3.8) is 0 Å². The van der Waals surface area contributed by atoms with E-state index in [2.05, 4.69) is 0 Å². The van der Waals surface area contributed by atoms with Crippen LogP contribution in [0.3, 0.4) is 0 Å². The third kappa shape index (κ3) is 4.34. The van der Waals surface area contributed by atoms with Gasteiger partial charge in [0.05, 0.1) is 6.54 Å². The summed E-state index contributed by atoms with van der Waals surface area (Å²) in [6, 6.07) is 0.209. The highest BCUT2D eigenvalue weighted by Gasteiger charge is 2.27. The van der Waals surface area contributed by atoms with Crippen molar-refractivity contribution in [2.24, 2.45) is 5.92 Å². The van der Waals surface area contributed by atoms with Gasteiger partial charge >= 0.3 is 5.97 Å². The van der Waals surface area contributed by atoms with Gasteiger partial charge in [-0.2, -0.15) is 0 Å². The molecule has 1 amide bonds. The first-order valence-corrected chi connectivity index (χ1v) is 6.11. The zero-order chi connectivity index (χ0) is 13.0. The van der Waals surface area contributed by atoms with Gasteiger partial charge < -0.3 is 10.0 Å². The van der Waals surface area contributed by atoms with Crippen LogP contribution in [0.2, 0.25) is 0 Å². The van der Waals surface area contributed by atoms with Crippen LogP contribution in [0.4, 0.5) is 0 Å². The smallest absolute Gasteiger partial charge is 0.317 e. The molecule has 1 N–H and O–H groups in total. The van der Waals surface area contributed by atoms with E-state index in [1.54, 1.807) is 6.92 Å². The largest absolute Gasteiger partial charge is 0.480 e. The molecule has 1 heterocycles. The van der Waals surface area contributed by atoms with Crippen molar-refractivity contribution in [3.05, 3.63) is 0 Å². The minimum absolute atomic E-state index is 0.0942. The Morgan fingerprint density at radius 3 is 2.59 bits per heavy atom. The number of hydrogen-bond acceptors (Lipinski definition) is 3. The van der Waals surface area contributed by atoms with Gasteiger partial charge in [0.15, 0.2) is 0 Å². The zero-order valence-corrected chi connectivity index (χ0v) is 10.8. The fourth-order valence-electron chi connectivity index (χ4n) is 2.38. The third-order valence-electron chi connectivity index (χ3n) is 3.21. The predicted octanol–water partition coefficient (Wildman–Crippen LogP) is 0.650. The number of carboxylic acid groups (broad SMARTS) is 1. The maximum atomic E-state index is 11.5. The summed E-state index contributed by atoms with van der Waals surface area (Å²) in [4.78, 5) is 25.8. The molecule has 0 aliphatic carbocycles. The van der Waals surface area contributed by atoms with Crippen LogP contribution < -0.4 is 0 Å². The standard InChI is InChI=1S/C12H22N2O3/c1-9(2)14(10(3)15)7-11-4-5-13(6-11)8-12(16)17/h9,11H,4-8H2,1-3H3,(H,16,17)/t11-/m1/s1. The number of carbonyl (C=O) groups is 2. The highest BCUT2D eigenvalue weighted by Crippen LogP contribution is 2.18. The van der Waals surface area contributed by atoms with Crippen molar-refractivity contribution in [2.75, 3.05) is 26.2 Å². The number of amides is 1. The first-order valence-electron chi connectivity index (χ1n) is 6.11. The highest BCUT2D eigenvalue weighted by molar-refractivity contribution is 5.73. The summed E-state index contributed by atoms with van der Waals surface area (Å²) in [5.74, 6) is -0.282. The summed E-state index contributed by atoms with van der Waals surface area (Å²) < 4.78 is 0. The molecule has 17 heavy (non-hydrogen) atoms. The molecular weight excluding hydrogens is 220 g/mol. The molecule has 1 saturated heterocycles. The molecule has 1 fully saturated rings. The summed E-state index contributed by atoms with van der Waals surface area (Å²) in [5.41, 5.74) is 0. The van der Waals surface area contributed by atoms with Crippen LogP contribution in [-0.2, 0) is 9.59 Å². The lowest BCUT2D eigenvalue weighted by atomic mass is 10.1. The van der Waals surface area contributed by atoms with E-state index < -0.39 is 5.97 Å². The summed E-state index contributed by atoms with van der Waals surface area (Å²) in [5, 5.41) is 8.71. The fourth-order valence-corrected chi connectivity index (χ4v) is 2.38. The molecule has 0 spiro atoms. The number of aliphatic carboxylic acids is 1. The summed E-state index contributed by atoms with van der Waals surface area (Å²) >= 11 is 0. The van der Waals surface area contributed by atoms with Gasteiger partial charge in [-0.25, -0.2) is 0 Å². The zero-order valence-electron chi connectivity index (χ0n) is 10.8. The average molecular weight is 242 g/mol. The van der Waals surface area contributed by atoms with E-state index in [1.165, 1.54) is 0 Å². The lowest BCUT2D eigenvalue weighted by Gasteiger charge is -2.28. The van der Waals surface area contributed by atoms with Gasteiger partial charge in [-0.1, -0.05) is 0 Å². The number of nitrogens with zero attached hydrogens (tertiary/aromatic N) is 2. The Bertz CT molecular complexity index is 291. The molecule has 1 aliphatic heterocycles. The number of rotatable bonds is 5. The summed E-state index contributed by atoms with van der Waals surface area (Å²) in [7, 11) is 0. The third-order valence-corrected chi connectivity index (χ3v) is 3.21. The molecule has 0 bridgehead atoms. The lowest BCUT2D eigenvalue weighted by molar-refractivity contribution is -0.138. The van der Waals surface area contributed by atoms with Crippen LogP contribution in [0.25, 0.3) is 0 Å². The van der Waals surface area contributed by atoms with Crippen molar-refractivity contribution in [1.29, 1.82) is 0 Å². The van der Waals surface area contributed by atoms with Crippen molar-refractivity contribution < 1.29 is 14.7 Å². The van der Waals surface area contributed by atoms with Crippen LogP contribution in [-0.4, -0.2) is 59.0 Å². The SMILES string of the molecule is CC(=O)N(C[C@@H]1CCN(CC(=O)O)C1)C(C)C. The monoisotopic (exact) mass is 242 g/mol. The van der Waals surface area contributed by atoms with Crippen LogP contribution in [0.1, 0.15) is 27.2 Å². The second-order valence-electron chi connectivity index (χ2n) is 5.05. The average Bonchev–Trinajstić information content (AvgIpc) is 2.59. The number of likely N-dealkylation sites (tertiary alicyclic amines) is 1. The number of carbonyl (C=O) groups excluding carboxylic acids is 1. The Labute approximate surface area is 102 Å². The van der Waals surface area contributed by atoms with Gasteiger partial charge in [0.25, 0.3) is 0 Å². The molecule has 98 valence electrons. The molecule has 1 rings (SSSR count). The summed E-state index contributed by atoms with van der Waals surface area (Å²) in [6.07, 6.45) is 0.976. The van der Waals surface area contributed by atoms with E-state index in [-0.39, 0.29) is 18.5 Å². The first-order chi connectivity index (χ1) is 7.90. The molecule has 5 heteroatoms. The lowest BCUT2D eigenvalue weighted by Crippen LogP contribution is -2.39. The van der Waals surface area contributed by atoms with Gasteiger partial charge in [-0.3, -0.25) is 14.5 Å². The maximum absolute atomic E-state index is 11.5. The topological polar surface area (TPSA) is 60.9 Å². The van der Waals surface area contributed by atoms with E-state index >= 15 is 0 Å². The Balaban J connectivity index is 2.43. The van der Waals surface area contributed by atoms with E-state index in [9.17, 15) is 9.59 Å². The Kier molecular flexibility index (Phi) is 4.93. The maximum Gasteiger partial charge on any atom is 0.317 e. The molecule has 0 unspecified atom stereocenters. The van der Waals surface area contributed by atoms with Gasteiger partial charge in [-0.05, 0) is 32.7 Å². The van der Waals surface area contributed by atoms with E-state index in [1.807, 2.05) is 23.6 Å². The molecule has 1 aliphatic rings. The van der Waals surface area contributed by atoms with Crippen molar-refractivity contribution in [3.8, 4) is 0 Å². The van der Waals surface area contributed by atoms with Gasteiger partial charge in [0, 0.05) is 26.1 Å². The van der Waals surface area contributed by atoms with Crippen molar-refractivity contribution in [1.82, 2.24) is 9.80 Å². The molecule has 0 aromatic heterocycles. The number of hydrogen-bond donors (Lipinski definition) is 1. The van der Waals surface area contributed by atoms with Crippen LogP contribution >= 0.6 is 0 Å². The minimum atomic E-state index is -0.780. The van der Waals surface area contributed by atoms with Gasteiger partial charge in [0.1, 0.15) is 0 Å². The Hall–Kier alpha value is -1.10. The predicted molar refractivity (Wildman–Crippen MR) is 64.7 cm³/mol. The minimum Gasteiger partial charge on any atom is -0.480 e. The van der Waals surface area contributed by atoms with E-state index in [0.29, 0.717) is 5.92 Å². The quantitative estimate of drug-likeness (QED) is 0.769. The molecule has 0 saturated carbocycles. The molecule has 0 aromatic rings. The second kappa shape index (κ2) is 6.00. The summed E-state index contributed by atoms with van der Waals surface area (Å²) in [6.45, 7) is 8.05. The first kappa shape index (κ1) is 14.0. The van der Waals surface area contributed by atoms with Crippen LogP contribution in [0.5, 0.6) is 0 Å². The fraction of sp³-hybridized carbons (Fsp3) is 0.833. The molecular formula is C12H22N2O3. The van der Waals surface area contributed by atoms with E-state index in [4.69, 9.17) is 5.11 Å². The van der Waals surface area contributed by atoms with Gasteiger partial charge in [0.2, 0.25) is 5.91 Å². The molecule has 0 radical (unpaired) electrons.